The summed E-state index contributed by atoms with van der Waals surface area (Å²) >= 11 is 6.02. The third kappa shape index (κ3) is 5.98. The van der Waals surface area contributed by atoms with Crippen LogP contribution in [-0.4, -0.2) is 26.6 Å². The van der Waals surface area contributed by atoms with E-state index in [2.05, 4.69) is 11.4 Å². The van der Waals surface area contributed by atoms with Crippen LogP contribution in [0, 0.1) is 11.3 Å². The van der Waals surface area contributed by atoms with Crippen molar-refractivity contribution in [3.63, 3.8) is 0 Å². The van der Waals surface area contributed by atoms with Crippen LogP contribution in [0.2, 0.25) is 5.02 Å². The fraction of sp³-hybridized carbons (Fsp3) is 0.300. The van der Waals surface area contributed by atoms with Crippen molar-refractivity contribution >= 4 is 28.9 Å². The summed E-state index contributed by atoms with van der Waals surface area (Å²) in [6, 6.07) is 14.5. The average molecular weight is 372 g/mol. The summed E-state index contributed by atoms with van der Waals surface area (Å²) in [5.41, 5.74) is 2.18. The molecule has 26 heavy (non-hydrogen) atoms. The van der Waals surface area contributed by atoms with Crippen LogP contribution < -0.4 is 15.0 Å². The van der Waals surface area contributed by atoms with Gasteiger partial charge in [0.05, 0.1) is 29.6 Å². The second-order valence-electron chi connectivity index (χ2n) is 6.05. The Morgan fingerprint density at radius 2 is 2.04 bits per heavy atom. The van der Waals surface area contributed by atoms with E-state index in [0.29, 0.717) is 41.5 Å². The zero-order valence-corrected chi connectivity index (χ0v) is 15.7. The maximum Gasteiger partial charge on any atom is 0.224 e. The third-order valence-corrected chi connectivity index (χ3v) is 3.98. The van der Waals surface area contributed by atoms with Crippen LogP contribution in [0.25, 0.3) is 0 Å². The number of carbonyl (C=O) groups excluding carboxylic acids is 1. The maximum atomic E-state index is 12.2. The molecule has 0 unspecified atom stereocenters. The molecule has 6 heteroatoms. The van der Waals surface area contributed by atoms with Gasteiger partial charge in [0.25, 0.3) is 0 Å². The molecule has 0 atom stereocenters. The van der Waals surface area contributed by atoms with Gasteiger partial charge in [0.15, 0.2) is 0 Å². The van der Waals surface area contributed by atoms with Crippen molar-refractivity contribution in [2.24, 2.45) is 0 Å². The molecule has 0 bridgehead atoms. The molecule has 2 rings (SSSR count). The van der Waals surface area contributed by atoms with Gasteiger partial charge in [-0.3, -0.25) is 4.79 Å². The van der Waals surface area contributed by atoms with Gasteiger partial charge in [-0.15, -0.1) is 0 Å². The molecule has 0 heterocycles. The molecular formula is C20H22ClN3O2. The number of ether oxygens (including phenoxy) is 1. The van der Waals surface area contributed by atoms with Gasteiger partial charge < -0.3 is 15.0 Å². The van der Waals surface area contributed by atoms with Crippen molar-refractivity contribution in [3.05, 3.63) is 53.1 Å². The van der Waals surface area contributed by atoms with E-state index in [4.69, 9.17) is 21.6 Å². The zero-order chi connectivity index (χ0) is 18.9. The highest BCUT2D eigenvalue weighted by Crippen LogP contribution is 2.28. The van der Waals surface area contributed by atoms with Crippen LogP contribution in [0.5, 0.6) is 5.75 Å². The molecule has 1 N–H and O–H groups in total. The Balaban J connectivity index is 1.76. The molecule has 1 amide bonds. The highest BCUT2D eigenvalue weighted by atomic mass is 35.5. The Labute approximate surface area is 159 Å². The Bertz CT molecular complexity index is 800. The first kappa shape index (κ1) is 19.6. The first-order chi connectivity index (χ1) is 12.5. The monoisotopic (exact) mass is 371 g/mol. The Morgan fingerprint density at radius 3 is 2.77 bits per heavy atom. The number of carbonyl (C=O) groups is 1. The molecule has 0 saturated heterocycles. The summed E-state index contributed by atoms with van der Waals surface area (Å²) < 4.78 is 5.61. The van der Waals surface area contributed by atoms with Crippen molar-refractivity contribution < 1.29 is 9.53 Å². The van der Waals surface area contributed by atoms with E-state index < -0.39 is 0 Å². The Morgan fingerprint density at radius 1 is 1.23 bits per heavy atom. The van der Waals surface area contributed by atoms with E-state index in [1.807, 2.05) is 31.1 Å². The first-order valence-corrected chi connectivity index (χ1v) is 8.77. The second-order valence-corrected chi connectivity index (χ2v) is 6.49. The summed E-state index contributed by atoms with van der Waals surface area (Å²) in [6.45, 7) is 0.502. The lowest BCUT2D eigenvalue weighted by atomic mass is 10.2. The lowest BCUT2D eigenvalue weighted by Crippen LogP contribution is -2.16. The first-order valence-electron chi connectivity index (χ1n) is 8.39. The van der Waals surface area contributed by atoms with E-state index in [-0.39, 0.29) is 5.91 Å². The summed E-state index contributed by atoms with van der Waals surface area (Å²) in [4.78, 5) is 14.1. The molecule has 0 saturated carbocycles. The van der Waals surface area contributed by atoms with Gasteiger partial charge in [-0.1, -0.05) is 17.7 Å². The fourth-order valence-electron chi connectivity index (χ4n) is 2.44. The van der Waals surface area contributed by atoms with E-state index in [1.165, 1.54) is 0 Å². The predicted octanol–water partition coefficient (Wildman–Crippen LogP) is 4.47. The average Bonchev–Trinajstić information content (AvgIpc) is 2.61. The molecule has 2 aromatic rings. The number of anilines is 2. The van der Waals surface area contributed by atoms with Gasteiger partial charge in [0, 0.05) is 25.5 Å². The number of hydrogen-bond acceptors (Lipinski definition) is 4. The molecule has 2 aromatic carbocycles. The smallest absolute Gasteiger partial charge is 0.224 e. The SMILES string of the molecule is CN(C)c1ccc(Cl)cc1NC(=O)CCCCOc1cccc(C#N)c1. The summed E-state index contributed by atoms with van der Waals surface area (Å²) in [7, 11) is 3.83. The lowest BCUT2D eigenvalue weighted by molar-refractivity contribution is -0.116. The fourth-order valence-corrected chi connectivity index (χ4v) is 2.62. The number of nitrogens with one attached hydrogen (secondary N) is 1. The van der Waals surface area contributed by atoms with Crippen LogP contribution in [0.4, 0.5) is 11.4 Å². The molecule has 0 aliphatic carbocycles. The largest absolute Gasteiger partial charge is 0.494 e. The third-order valence-electron chi connectivity index (χ3n) is 3.74. The maximum absolute atomic E-state index is 12.2. The molecule has 0 aliphatic rings. The van der Waals surface area contributed by atoms with Gasteiger partial charge in [-0.25, -0.2) is 0 Å². The van der Waals surface area contributed by atoms with Crippen molar-refractivity contribution in [1.29, 1.82) is 5.26 Å². The Hall–Kier alpha value is -2.71. The van der Waals surface area contributed by atoms with Crippen molar-refractivity contribution in [2.45, 2.75) is 19.3 Å². The number of unbranched alkanes of at least 4 members (excludes halogenated alkanes) is 1. The lowest BCUT2D eigenvalue weighted by Gasteiger charge is -2.18. The number of nitriles is 1. The van der Waals surface area contributed by atoms with Crippen molar-refractivity contribution in [3.8, 4) is 11.8 Å². The van der Waals surface area contributed by atoms with E-state index in [9.17, 15) is 4.79 Å². The minimum Gasteiger partial charge on any atom is -0.494 e. The second kappa shape index (κ2) is 9.69. The topological polar surface area (TPSA) is 65.4 Å². The van der Waals surface area contributed by atoms with Crippen molar-refractivity contribution in [2.75, 3.05) is 30.9 Å². The molecule has 0 radical (unpaired) electrons. The van der Waals surface area contributed by atoms with Gasteiger partial charge in [-0.2, -0.15) is 5.26 Å². The number of halogens is 1. The van der Waals surface area contributed by atoms with Gasteiger partial charge >= 0.3 is 0 Å². The van der Waals surface area contributed by atoms with Crippen LogP contribution >= 0.6 is 11.6 Å². The molecule has 0 spiro atoms. The van der Waals surface area contributed by atoms with E-state index in [0.717, 1.165) is 12.1 Å². The minimum absolute atomic E-state index is 0.0538. The number of amides is 1. The normalized spacial score (nSPS) is 10.1. The van der Waals surface area contributed by atoms with Crippen LogP contribution in [0.3, 0.4) is 0 Å². The molecule has 0 aliphatic heterocycles. The number of hydrogen-bond donors (Lipinski definition) is 1. The molecule has 0 aromatic heterocycles. The number of rotatable bonds is 8. The van der Waals surface area contributed by atoms with E-state index >= 15 is 0 Å². The molecule has 5 nitrogen and oxygen atoms in total. The van der Waals surface area contributed by atoms with Crippen molar-refractivity contribution in [1.82, 2.24) is 0 Å². The highest BCUT2D eigenvalue weighted by molar-refractivity contribution is 6.31. The number of benzene rings is 2. The molecule has 0 fully saturated rings. The van der Waals surface area contributed by atoms with Crippen LogP contribution in [-0.2, 0) is 4.79 Å². The van der Waals surface area contributed by atoms with Crippen LogP contribution in [0.15, 0.2) is 42.5 Å². The molecule has 136 valence electrons. The number of nitrogens with zero attached hydrogens (tertiary/aromatic N) is 2. The summed E-state index contributed by atoms with van der Waals surface area (Å²) in [5.74, 6) is 0.616. The van der Waals surface area contributed by atoms with Gasteiger partial charge in [0.2, 0.25) is 5.91 Å². The summed E-state index contributed by atoms with van der Waals surface area (Å²) in [6.07, 6.45) is 1.86. The zero-order valence-electron chi connectivity index (χ0n) is 15.0. The Kier molecular flexibility index (Phi) is 7.31. The van der Waals surface area contributed by atoms with Gasteiger partial charge in [-0.05, 0) is 49.2 Å². The highest BCUT2D eigenvalue weighted by Gasteiger charge is 2.09. The summed E-state index contributed by atoms with van der Waals surface area (Å²) in [5, 5.41) is 12.4. The standard InChI is InChI=1S/C20H22ClN3O2/c1-24(2)19-10-9-16(21)13-18(19)23-20(25)8-3-4-11-26-17-7-5-6-15(12-17)14-22/h5-7,9-10,12-13H,3-4,8,11H2,1-2H3,(H,23,25). The predicted molar refractivity (Wildman–Crippen MR) is 105 cm³/mol. The van der Waals surface area contributed by atoms with Gasteiger partial charge in [0.1, 0.15) is 5.75 Å². The van der Waals surface area contributed by atoms with Crippen LogP contribution in [0.1, 0.15) is 24.8 Å². The minimum atomic E-state index is -0.0538. The molecular weight excluding hydrogens is 350 g/mol. The van der Waals surface area contributed by atoms with E-state index in [1.54, 1.807) is 30.3 Å². The quantitative estimate of drug-likeness (QED) is 0.695.